The van der Waals surface area contributed by atoms with Crippen molar-refractivity contribution in [2.45, 2.75) is 0 Å². The number of aromatic nitrogens is 3. The van der Waals surface area contributed by atoms with Crippen LogP contribution in [-0.4, -0.2) is 45.4 Å². The van der Waals surface area contributed by atoms with Gasteiger partial charge in [-0.2, -0.15) is 5.10 Å². The Labute approximate surface area is 183 Å². The van der Waals surface area contributed by atoms with E-state index in [1.54, 1.807) is 58.0 Å². The van der Waals surface area contributed by atoms with Crippen molar-refractivity contribution in [2.24, 2.45) is 0 Å². The molecular weight excluding hydrogens is 413 g/mol. The van der Waals surface area contributed by atoms with Crippen molar-refractivity contribution in [3.8, 4) is 11.5 Å². The second-order valence-electron chi connectivity index (χ2n) is 6.88. The molecule has 4 aromatic rings. The first-order valence-corrected chi connectivity index (χ1v) is 9.69. The Kier molecular flexibility index (Phi) is 5.82. The molecular formula is C23H20FN5O3. The van der Waals surface area contributed by atoms with Crippen molar-refractivity contribution < 1.29 is 18.8 Å². The molecule has 2 aromatic heterocycles. The standard InChI is InChI=1S/C23H20FN5O3/c1-27(32-2)23(31)16-5-9-18(10-6-16)26-21(30)20-15-25-29(19-11-7-17(24)8-12-19)22(20)28-13-3-4-14-28/h3-15H,1-2H3,(H,26,30). The zero-order valence-electron chi connectivity index (χ0n) is 17.4. The van der Waals surface area contributed by atoms with Crippen LogP contribution in [-0.2, 0) is 4.84 Å². The highest BCUT2D eigenvalue weighted by atomic mass is 19.1. The molecule has 0 aliphatic rings. The predicted octanol–water partition coefficient (Wildman–Crippen LogP) is 3.69. The Morgan fingerprint density at radius 2 is 1.69 bits per heavy atom. The van der Waals surface area contributed by atoms with E-state index < -0.39 is 0 Å². The lowest BCUT2D eigenvalue weighted by atomic mass is 10.2. The van der Waals surface area contributed by atoms with Gasteiger partial charge in [-0.25, -0.2) is 14.1 Å². The van der Waals surface area contributed by atoms with E-state index in [0.29, 0.717) is 28.3 Å². The molecule has 32 heavy (non-hydrogen) atoms. The summed E-state index contributed by atoms with van der Waals surface area (Å²) in [4.78, 5) is 30.1. The summed E-state index contributed by atoms with van der Waals surface area (Å²) in [6, 6.07) is 16.0. The fourth-order valence-electron chi connectivity index (χ4n) is 3.16. The third kappa shape index (κ3) is 4.14. The van der Waals surface area contributed by atoms with Gasteiger partial charge in [0.05, 0.1) is 19.0 Å². The van der Waals surface area contributed by atoms with E-state index in [0.717, 1.165) is 5.06 Å². The molecule has 9 heteroatoms. The van der Waals surface area contributed by atoms with E-state index in [4.69, 9.17) is 4.84 Å². The maximum Gasteiger partial charge on any atom is 0.277 e. The summed E-state index contributed by atoms with van der Waals surface area (Å²) >= 11 is 0. The summed E-state index contributed by atoms with van der Waals surface area (Å²) in [7, 11) is 2.92. The van der Waals surface area contributed by atoms with E-state index in [9.17, 15) is 14.0 Å². The van der Waals surface area contributed by atoms with E-state index in [1.807, 2.05) is 12.1 Å². The molecule has 2 heterocycles. The second kappa shape index (κ2) is 8.86. The lowest BCUT2D eigenvalue weighted by Crippen LogP contribution is -2.25. The highest BCUT2D eigenvalue weighted by Crippen LogP contribution is 2.22. The number of hydroxylamine groups is 2. The summed E-state index contributed by atoms with van der Waals surface area (Å²) in [5.74, 6) is -0.538. The monoisotopic (exact) mass is 433 g/mol. The molecule has 2 aromatic carbocycles. The number of carbonyl (C=O) groups is 2. The lowest BCUT2D eigenvalue weighted by Gasteiger charge is -2.14. The van der Waals surface area contributed by atoms with Crippen molar-refractivity contribution in [1.82, 2.24) is 19.4 Å². The number of carbonyl (C=O) groups excluding carboxylic acids is 2. The Morgan fingerprint density at radius 3 is 2.31 bits per heavy atom. The molecule has 0 saturated heterocycles. The molecule has 4 rings (SSSR count). The molecule has 0 atom stereocenters. The van der Waals surface area contributed by atoms with Crippen LogP contribution in [0.25, 0.3) is 11.5 Å². The van der Waals surface area contributed by atoms with Crippen LogP contribution < -0.4 is 5.32 Å². The third-order valence-corrected chi connectivity index (χ3v) is 4.86. The van der Waals surface area contributed by atoms with Gasteiger partial charge in [0.25, 0.3) is 11.8 Å². The number of halogens is 1. The molecule has 0 fully saturated rings. The molecule has 1 N–H and O–H groups in total. The Hall–Kier alpha value is -4.24. The fourth-order valence-corrected chi connectivity index (χ4v) is 3.16. The first-order chi connectivity index (χ1) is 15.5. The largest absolute Gasteiger partial charge is 0.322 e. The minimum Gasteiger partial charge on any atom is -0.322 e. The van der Waals surface area contributed by atoms with Crippen LogP contribution in [0.4, 0.5) is 10.1 Å². The van der Waals surface area contributed by atoms with Crippen molar-refractivity contribution >= 4 is 17.5 Å². The predicted molar refractivity (Wildman–Crippen MR) is 116 cm³/mol. The zero-order chi connectivity index (χ0) is 22.7. The summed E-state index contributed by atoms with van der Waals surface area (Å²) in [6.45, 7) is 0. The van der Waals surface area contributed by atoms with Crippen LogP contribution in [0.2, 0.25) is 0 Å². The van der Waals surface area contributed by atoms with Crippen LogP contribution in [0.5, 0.6) is 0 Å². The van der Waals surface area contributed by atoms with E-state index in [-0.39, 0.29) is 17.6 Å². The smallest absolute Gasteiger partial charge is 0.277 e. The first kappa shape index (κ1) is 21.0. The Balaban J connectivity index is 1.63. The van der Waals surface area contributed by atoms with Crippen LogP contribution in [0.1, 0.15) is 20.7 Å². The van der Waals surface area contributed by atoms with Gasteiger partial charge in [-0.3, -0.25) is 14.4 Å². The number of hydrogen-bond donors (Lipinski definition) is 1. The quantitative estimate of drug-likeness (QED) is 0.470. The molecule has 162 valence electrons. The molecule has 0 spiro atoms. The summed E-state index contributed by atoms with van der Waals surface area (Å²) in [5.41, 5.74) is 1.87. The van der Waals surface area contributed by atoms with Crippen LogP contribution in [0.3, 0.4) is 0 Å². The summed E-state index contributed by atoms with van der Waals surface area (Å²) < 4.78 is 16.7. The number of hydrogen-bond acceptors (Lipinski definition) is 4. The minimum atomic E-state index is -0.379. The van der Waals surface area contributed by atoms with Gasteiger partial charge in [0.1, 0.15) is 11.4 Å². The lowest BCUT2D eigenvalue weighted by molar-refractivity contribution is -0.0756. The molecule has 0 aliphatic carbocycles. The highest BCUT2D eigenvalue weighted by molar-refractivity contribution is 6.06. The second-order valence-corrected chi connectivity index (χ2v) is 6.88. The number of rotatable bonds is 6. The van der Waals surface area contributed by atoms with Crippen molar-refractivity contribution in [1.29, 1.82) is 0 Å². The van der Waals surface area contributed by atoms with Crippen molar-refractivity contribution in [3.05, 3.63) is 96.2 Å². The van der Waals surface area contributed by atoms with Gasteiger partial charge in [0.15, 0.2) is 5.82 Å². The van der Waals surface area contributed by atoms with Gasteiger partial charge < -0.3 is 9.88 Å². The van der Waals surface area contributed by atoms with E-state index in [1.165, 1.54) is 32.5 Å². The van der Waals surface area contributed by atoms with Gasteiger partial charge in [0, 0.05) is 30.7 Å². The normalized spacial score (nSPS) is 10.7. The maximum atomic E-state index is 13.4. The third-order valence-electron chi connectivity index (χ3n) is 4.86. The number of nitrogens with zero attached hydrogens (tertiary/aromatic N) is 4. The van der Waals surface area contributed by atoms with Gasteiger partial charge in [-0.1, -0.05) is 0 Å². The average Bonchev–Trinajstić information content (AvgIpc) is 3.49. The van der Waals surface area contributed by atoms with Crippen LogP contribution >= 0.6 is 0 Å². The molecule has 0 bridgehead atoms. The zero-order valence-corrected chi connectivity index (χ0v) is 17.4. The highest BCUT2D eigenvalue weighted by Gasteiger charge is 2.20. The van der Waals surface area contributed by atoms with Crippen LogP contribution in [0.15, 0.2) is 79.3 Å². The molecule has 0 saturated carbocycles. The fraction of sp³-hybridized carbons (Fsp3) is 0.0870. The van der Waals surface area contributed by atoms with E-state index >= 15 is 0 Å². The molecule has 0 radical (unpaired) electrons. The topological polar surface area (TPSA) is 81.4 Å². The maximum absolute atomic E-state index is 13.4. The summed E-state index contributed by atoms with van der Waals surface area (Å²) in [5, 5.41) is 8.28. The number of benzene rings is 2. The molecule has 0 unspecified atom stereocenters. The SMILES string of the molecule is CON(C)C(=O)c1ccc(NC(=O)c2cnn(-c3ccc(F)cc3)c2-n2cccc2)cc1. The van der Waals surface area contributed by atoms with Gasteiger partial charge in [-0.05, 0) is 60.7 Å². The van der Waals surface area contributed by atoms with Crippen LogP contribution in [0, 0.1) is 5.82 Å². The van der Waals surface area contributed by atoms with Gasteiger partial charge in [0.2, 0.25) is 0 Å². The van der Waals surface area contributed by atoms with Crippen molar-refractivity contribution in [3.63, 3.8) is 0 Å². The Bertz CT molecular complexity index is 1230. The number of amides is 2. The number of anilines is 1. The number of nitrogens with one attached hydrogen (secondary N) is 1. The van der Waals surface area contributed by atoms with Crippen molar-refractivity contribution in [2.75, 3.05) is 19.5 Å². The minimum absolute atomic E-state index is 0.305. The van der Waals surface area contributed by atoms with E-state index in [2.05, 4.69) is 10.4 Å². The average molecular weight is 433 g/mol. The first-order valence-electron chi connectivity index (χ1n) is 9.69. The molecule has 8 nitrogen and oxygen atoms in total. The Morgan fingerprint density at radius 1 is 1.03 bits per heavy atom. The van der Waals surface area contributed by atoms with Gasteiger partial charge >= 0.3 is 0 Å². The molecule has 0 aliphatic heterocycles. The summed E-state index contributed by atoms with van der Waals surface area (Å²) in [6.07, 6.45) is 5.04. The van der Waals surface area contributed by atoms with Gasteiger partial charge in [-0.15, -0.1) is 0 Å². The molecule has 2 amide bonds.